The zero-order chi connectivity index (χ0) is 20.6. The predicted molar refractivity (Wildman–Crippen MR) is 95.1 cm³/mol. The van der Waals surface area contributed by atoms with Gasteiger partial charge in [-0.2, -0.15) is 0 Å². The van der Waals surface area contributed by atoms with Crippen LogP contribution < -0.4 is 22.1 Å². The molecular formula is C17H24N4O6. The minimum absolute atomic E-state index is 0.197. The smallest absolute Gasteiger partial charge is 0.328 e. The quantitative estimate of drug-likeness (QED) is 0.267. The number of amides is 3. The Hall–Kier alpha value is -2.98. The van der Waals surface area contributed by atoms with Gasteiger partial charge in [-0.1, -0.05) is 30.3 Å². The predicted octanol–water partition coefficient (Wildman–Crippen LogP) is -2.13. The van der Waals surface area contributed by atoms with Gasteiger partial charge in [0.25, 0.3) is 0 Å². The number of aliphatic hydroxyl groups is 1. The number of nitrogens with one attached hydrogen (secondary N) is 2. The van der Waals surface area contributed by atoms with Crippen LogP contribution in [0.3, 0.4) is 0 Å². The zero-order valence-corrected chi connectivity index (χ0v) is 14.8. The number of benzene rings is 1. The van der Waals surface area contributed by atoms with E-state index in [0.717, 1.165) is 5.56 Å². The van der Waals surface area contributed by atoms with Gasteiger partial charge in [0, 0.05) is 0 Å². The molecule has 1 aromatic rings. The molecule has 0 aliphatic carbocycles. The van der Waals surface area contributed by atoms with Crippen LogP contribution in [0.5, 0.6) is 0 Å². The van der Waals surface area contributed by atoms with E-state index in [0.29, 0.717) is 0 Å². The molecule has 8 N–H and O–H groups in total. The van der Waals surface area contributed by atoms with E-state index >= 15 is 0 Å². The number of nitrogens with two attached hydrogens (primary N) is 2. The van der Waals surface area contributed by atoms with Crippen LogP contribution in [0.2, 0.25) is 0 Å². The molecule has 148 valence electrons. The molecule has 27 heavy (non-hydrogen) atoms. The summed E-state index contributed by atoms with van der Waals surface area (Å²) in [6.07, 6.45) is -1.75. The van der Waals surface area contributed by atoms with Crippen molar-refractivity contribution < 1.29 is 29.4 Å². The number of aliphatic hydroxyl groups excluding tert-OH is 1. The van der Waals surface area contributed by atoms with E-state index in [2.05, 4.69) is 10.6 Å². The summed E-state index contributed by atoms with van der Waals surface area (Å²) in [6, 6.07) is 4.91. The van der Waals surface area contributed by atoms with Gasteiger partial charge in [-0.15, -0.1) is 0 Å². The lowest BCUT2D eigenvalue weighted by atomic mass is 10.0. The van der Waals surface area contributed by atoms with Crippen molar-refractivity contribution in [1.29, 1.82) is 0 Å². The van der Waals surface area contributed by atoms with Gasteiger partial charge in [-0.05, 0) is 18.9 Å². The number of carbonyl (C=O) groups excluding carboxylic acids is 3. The average Bonchev–Trinajstić information content (AvgIpc) is 2.58. The van der Waals surface area contributed by atoms with Gasteiger partial charge in [-0.3, -0.25) is 14.4 Å². The Labute approximate surface area is 155 Å². The molecule has 4 atom stereocenters. The summed E-state index contributed by atoms with van der Waals surface area (Å²) < 4.78 is 0. The Morgan fingerprint density at radius 1 is 1.07 bits per heavy atom. The molecule has 0 saturated heterocycles. The second-order valence-electron chi connectivity index (χ2n) is 6.09. The molecule has 10 heteroatoms. The van der Waals surface area contributed by atoms with Crippen molar-refractivity contribution in [3.05, 3.63) is 35.9 Å². The van der Waals surface area contributed by atoms with E-state index in [-0.39, 0.29) is 6.42 Å². The fourth-order valence-electron chi connectivity index (χ4n) is 2.29. The molecule has 0 radical (unpaired) electrons. The zero-order valence-electron chi connectivity index (χ0n) is 14.8. The molecule has 0 heterocycles. The average molecular weight is 380 g/mol. The summed E-state index contributed by atoms with van der Waals surface area (Å²) in [4.78, 5) is 46.8. The van der Waals surface area contributed by atoms with Crippen LogP contribution >= 0.6 is 0 Å². The van der Waals surface area contributed by atoms with Crippen molar-refractivity contribution in [1.82, 2.24) is 10.6 Å². The highest BCUT2D eigenvalue weighted by molar-refractivity contribution is 5.94. The molecule has 10 nitrogen and oxygen atoms in total. The lowest BCUT2D eigenvalue weighted by Gasteiger charge is -2.23. The third-order valence-electron chi connectivity index (χ3n) is 3.72. The summed E-state index contributed by atoms with van der Waals surface area (Å²) in [7, 11) is 0. The van der Waals surface area contributed by atoms with Gasteiger partial charge >= 0.3 is 5.97 Å². The van der Waals surface area contributed by atoms with Crippen LogP contribution in [-0.2, 0) is 25.6 Å². The van der Waals surface area contributed by atoms with Crippen molar-refractivity contribution in [3.63, 3.8) is 0 Å². The second-order valence-corrected chi connectivity index (χ2v) is 6.09. The fourth-order valence-corrected chi connectivity index (χ4v) is 2.29. The van der Waals surface area contributed by atoms with Gasteiger partial charge in [0.15, 0.2) is 6.04 Å². The standard InChI is InChI=1S/C17H24N4O6/c1-9(22)14(17(26)27)21-16(25)12(8-13(19)23)20-15(24)11(18)7-10-5-3-2-4-6-10/h2-6,9,11-12,14,22H,7-8,18H2,1H3,(H2,19,23)(H,20,24)(H,21,25)(H,26,27)/t9-,11+,12+,14+/m1/s1. The SMILES string of the molecule is C[C@@H](O)[C@H](NC(=O)[C@H](CC(N)=O)NC(=O)[C@@H](N)Cc1ccccc1)C(=O)O. The summed E-state index contributed by atoms with van der Waals surface area (Å²) in [5.74, 6) is -4.02. The molecule has 0 aliphatic heterocycles. The van der Waals surface area contributed by atoms with E-state index in [1.165, 1.54) is 6.92 Å². The molecular weight excluding hydrogens is 356 g/mol. The van der Waals surface area contributed by atoms with Gasteiger partial charge in [0.1, 0.15) is 6.04 Å². The molecule has 3 amide bonds. The minimum Gasteiger partial charge on any atom is -0.480 e. The second kappa shape index (κ2) is 10.2. The molecule has 0 bridgehead atoms. The number of carboxylic acid groups (broad SMARTS) is 1. The highest BCUT2D eigenvalue weighted by atomic mass is 16.4. The first-order valence-electron chi connectivity index (χ1n) is 8.21. The van der Waals surface area contributed by atoms with Crippen LogP contribution in [0, 0.1) is 0 Å². The van der Waals surface area contributed by atoms with Crippen molar-refractivity contribution in [2.75, 3.05) is 0 Å². The van der Waals surface area contributed by atoms with Crippen molar-refractivity contribution >= 4 is 23.7 Å². The number of aliphatic carboxylic acids is 1. The number of hydrogen-bond acceptors (Lipinski definition) is 6. The number of primary amides is 1. The number of hydrogen-bond donors (Lipinski definition) is 6. The fraction of sp³-hybridized carbons (Fsp3) is 0.412. The van der Waals surface area contributed by atoms with Gasteiger partial charge < -0.3 is 32.3 Å². The topological polar surface area (TPSA) is 185 Å². The first-order valence-corrected chi connectivity index (χ1v) is 8.21. The van der Waals surface area contributed by atoms with Gasteiger partial charge in [0.2, 0.25) is 17.7 Å². The number of carbonyl (C=O) groups is 4. The Morgan fingerprint density at radius 2 is 1.67 bits per heavy atom. The summed E-state index contributed by atoms with van der Waals surface area (Å²) in [5, 5.41) is 22.8. The van der Waals surface area contributed by atoms with E-state index < -0.39 is 54.3 Å². The van der Waals surface area contributed by atoms with Crippen LogP contribution in [-0.4, -0.2) is 58.1 Å². The molecule has 0 aliphatic rings. The molecule has 1 rings (SSSR count). The summed E-state index contributed by atoms with van der Waals surface area (Å²) >= 11 is 0. The third-order valence-corrected chi connectivity index (χ3v) is 3.72. The molecule has 0 unspecified atom stereocenters. The third kappa shape index (κ3) is 7.42. The monoisotopic (exact) mass is 380 g/mol. The van der Waals surface area contributed by atoms with E-state index in [1.807, 2.05) is 6.07 Å². The Morgan fingerprint density at radius 3 is 2.15 bits per heavy atom. The van der Waals surface area contributed by atoms with Gasteiger partial charge in [-0.25, -0.2) is 4.79 Å². The maximum Gasteiger partial charge on any atom is 0.328 e. The lowest BCUT2D eigenvalue weighted by molar-refractivity contribution is -0.145. The van der Waals surface area contributed by atoms with Crippen molar-refractivity contribution in [2.45, 2.75) is 44.0 Å². The van der Waals surface area contributed by atoms with Crippen LogP contribution in [0.15, 0.2) is 30.3 Å². The minimum atomic E-state index is -1.61. The lowest BCUT2D eigenvalue weighted by Crippen LogP contribution is -2.57. The largest absolute Gasteiger partial charge is 0.480 e. The normalized spacial score (nSPS) is 15.1. The summed E-state index contributed by atoms with van der Waals surface area (Å²) in [6.45, 7) is 1.18. The van der Waals surface area contributed by atoms with Crippen LogP contribution in [0.25, 0.3) is 0 Å². The van der Waals surface area contributed by atoms with E-state index in [9.17, 15) is 24.3 Å². The van der Waals surface area contributed by atoms with E-state index in [4.69, 9.17) is 16.6 Å². The highest BCUT2D eigenvalue weighted by Gasteiger charge is 2.31. The Kier molecular flexibility index (Phi) is 8.36. The Bertz CT molecular complexity index is 679. The summed E-state index contributed by atoms with van der Waals surface area (Å²) in [5.41, 5.74) is 11.7. The molecule has 0 aromatic heterocycles. The number of carboxylic acids is 1. The van der Waals surface area contributed by atoms with Gasteiger partial charge in [0.05, 0.1) is 18.6 Å². The first kappa shape index (κ1) is 22.1. The van der Waals surface area contributed by atoms with Crippen molar-refractivity contribution in [3.8, 4) is 0 Å². The molecule has 0 saturated carbocycles. The maximum atomic E-state index is 12.3. The van der Waals surface area contributed by atoms with Crippen molar-refractivity contribution in [2.24, 2.45) is 11.5 Å². The number of rotatable bonds is 10. The first-order chi connectivity index (χ1) is 12.6. The molecule has 1 aromatic carbocycles. The highest BCUT2D eigenvalue weighted by Crippen LogP contribution is 2.03. The van der Waals surface area contributed by atoms with E-state index in [1.54, 1.807) is 24.3 Å². The Balaban J connectivity index is 2.80. The molecule has 0 spiro atoms. The van der Waals surface area contributed by atoms with Crippen LogP contribution in [0.4, 0.5) is 0 Å². The van der Waals surface area contributed by atoms with Crippen LogP contribution in [0.1, 0.15) is 18.9 Å². The maximum absolute atomic E-state index is 12.3. The molecule has 0 fully saturated rings.